The number of hydrogen-bond acceptors (Lipinski definition) is 3. The molecule has 116 valence electrons. The highest BCUT2D eigenvalue weighted by Gasteiger charge is 2.29. The second kappa shape index (κ2) is 7.28. The normalized spacial score (nSPS) is 13.8. The quantitative estimate of drug-likeness (QED) is 0.601. The molecule has 1 aromatic rings. The van der Waals surface area contributed by atoms with Crippen LogP contribution in [-0.2, 0) is 19.4 Å². The van der Waals surface area contributed by atoms with Gasteiger partial charge in [-0.1, -0.05) is 18.5 Å². The van der Waals surface area contributed by atoms with Crippen molar-refractivity contribution >= 4 is 11.6 Å². The first-order valence-corrected chi connectivity index (χ1v) is 6.97. The van der Waals surface area contributed by atoms with Gasteiger partial charge in [0.1, 0.15) is 0 Å². The van der Waals surface area contributed by atoms with Crippen molar-refractivity contribution in [1.82, 2.24) is 15.2 Å². The Morgan fingerprint density at radius 3 is 2.50 bits per heavy atom. The number of aryl methyl sites for hydroxylation is 2. The van der Waals surface area contributed by atoms with E-state index in [0.717, 1.165) is 11.4 Å². The van der Waals surface area contributed by atoms with Crippen molar-refractivity contribution in [3.63, 3.8) is 0 Å². The lowest BCUT2D eigenvalue weighted by Crippen LogP contribution is -2.38. The number of aromatic nitrogens is 2. The molecule has 1 rings (SSSR count). The molecular weight excluding hydrogens is 293 g/mol. The summed E-state index contributed by atoms with van der Waals surface area (Å²) in [5.74, 6) is 5.34. The van der Waals surface area contributed by atoms with Gasteiger partial charge in [-0.3, -0.25) is 16.0 Å². The van der Waals surface area contributed by atoms with Crippen molar-refractivity contribution in [3.8, 4) is 0 Å². The van der Waals surface area contributed by atoms with Crippen LogP contribution in [-0.4, -0.2) is 22.0 Å². The first-order chi connectivity index (χ1) is 9.32. The van der Waals surface area contributed by atoms with Gasteiger partial charge in [-0.15, -0.1) is 0 Å². The van der Waals surface area contributed by atoms with Gasteiger partial charge >= 0.3 is 6.18 Å². The Balaban J connectivity index is 2.81. The van der Waals surface area contributed by atoms with Gasteiger partial charge in [0.05, 0.1) is 16.4 Å². The van der Waals surface area contributed by atoms with Gasteiger partial charge in [0, 0.05) is 25.4 Å². The van der Waals surface area contributed by atoms with Crippen LogP contribution >= 0.6 is 11.6 Å². The zero-order valence-electron chi connectivity index (χ0n) is 11.6. The number of nitrogens with two attached hydrogens (primary N) is 1. The van der Waals surface area contributed by atoms with E-state index in [2.05, 4.69) is 10.5 Å². The Bertz CT molecular complexity index is 431. The molecule has 0 saturated heterocycles. The molecular formula is C12H20ClF3N4. The van der Waals surface area contributed by atoms with E-state index in [-0.39, 0.29) is 6.42 Å². The molecule has 0 aromatic carbocycles. The second-order valence-corrected chi connectivity index (χ2v) is 4.98. The fourth-order valence-corrected chi connectivity index (χ4v) is 2.37. The molecule has 3 N–H and O–H groups in total. The molecule has 0 aliphatic rings. The van der Waals surface area contributed by atoms with Crippen molar-refractivity contribution in [2.45, 2.75) is 58.3 Å². The van der Waals surface area contributed by atoms with E-state index in [1.54, 1.807) is 4.68 Å². The van der Waals surface area contributed by atoms with E-state index in [9.17, 15) is 13.2 Å². The Labute approximate surface area is 121 Å². The smallest absolute Gasteiger partial charge is 0.271 e. The van der Waals surface area contributed by atoms with Gasteiger partial charge in [-0.25, -0.2) is 0 Å². The van der Waals surface area contributed by atoms with Crippen LogP contribution in [0.2, 0.25) is 5.02 Å². The molecule has 20 heavy (non-hydrogen) atoms. The van der Waals surface area contributed by atoms with Gasteiger partial charge in [0.2, 0.25) is 0 Å². The Kier molecular flexibility index (Phi) is 6.29. The van der Waals surface area contributed by atoms with Crippen LogP contribution in [0.5, 0.6) is 0 Å². The molecule has 0 saturated carbocycles. The monoisotopic (exact) mass is 312 g/mol. The highest BCUT2D eigenvalue weighted by atomic mass is 35.5. The molecule has 1 unspecified atom stereocenters. The highest BCUT2D eigenvalue weighted by Crippen LogP contribution is 2.26. The largest absolute Gasteiger partial charge is 0.389 e. The van der Waals surface area contributed by atoms with E-state index < -0.39 is 18.6 Å². The molecule has 0 bridgehead atoms. The van der Waals surface area contributed by atoms with Gasteiger partial charge in [0.15, 0.2) is 0 Å². The molecule has 0 aliphatic carbocycles. The zero-order chi connectivity index (χ0) is 15.3. The van der Waals surface area contributed by atoms with E-state index in [0.29, 0.717) is 24.4 Å². The van der Waals surface area contributed by atoms with E-state index in [1.807, 2.05) is 13.8 Å². The average molecular weight is 313 g/mol. The third-order valence-corrected chi connectivity index (χ3v) is 3.58. The minimum Gasteiger partial charge on any atom is -0.271 e. The minimum absolute atomic E-state index is 0.0906. The van der Waals surface area contributed by atoms with Crippen molar-refractivity contribution in [1.29, 1.82) is 0 Å². The topological polar surface area (TPSA) is 55.9 Å². The molecule has 0 fully saturated rings. The average Bonchev–Trinajstić information content (AvgIpc) is 2.69. The lowest BCUT2D eigenvalue weighted by Gasteiger charge is -2.17. The Morgan fingerprint density at radius 2 is 2.05 bits per heavy atom. The Hall–Kier alpha value is -0.790. The SMILES string of the molecule is CCc1nn(CC)c(CC(CCC(F)(F)F)NN)c1Cl. The summed E-state index contributed by atoms with van der Waals surface area (Å²) in [6.45, 7) is 4.46. The van der Waals surface area contributed by atoms with Crippen molar-refractivity contribution in [2.24, 2.45) is 5.84 Å². The lowest BCUT2D eigenvalue weighted by molar-refractivity contribution is -0.136. The minimum atomic E-state index is -4.18. The number of hydrogen-bond donors (Lipinski definition) is 2. The number of nitrogens with one attached hydrogen (secondary N) is 1. The molecule has 0 radical (unpaired) electrons. The fraction of sp³-hybridized carbons (Fsp3) is 0.750. The van der Waals surface area contributed by atoms with Crippen LogP contribution in [0.4, 0.5) is 13.2 Å². The summed E-state index contributed by atoms with van der Waals surface area (Å²) in [4.78, 5) is 0. The number of alkyl halides is 3. The summed E-state index contributed by atoms with van der Waals surface area (Å²) in [6.07, 6.45) is -4.14. The zero-order valence-corrected chi connectivity index (χ0v) is 12.4. The maximum absolute atomic E-state index is 12.3. The summed E-state index contributed by atoms with van der Waals surface area (Å²) in [7, 11) is 0. The van der Waals surface area contributed by atoms with Crippen molar-refractivity contribution < 1.29 is 13.2 Å². The molecule has 0 amide bonds. The van der Waals surface area contributed by atoms with Crippen molar-refractivity contribution in [3.05, 3.63) is 16.4 Å². The highest BCUT2D eigenvalue weighted by molar-refractivity contribution is 6.31. The molecule has 0 spiro atoms. The molecule has 1 atom stereocenters. The molecule has 1 aromatic heterocycles. The predicted molar refractivity (Wildman–Crippen MR) is 72.4 cm³/mol. The predicted octanol–water partition coefficient (Wildman–Crippen LogP) is 2.84. The Morgan fingerprint density at radius 1 is 1.40 bits per heavy atom. The number of hydrazine groups is 1. The van der Waals surface area contributed by atoms with Crippen LogP contribution in [0.1, 0.15) is 38.1 Å². The number of nitrogens with zero attached hydrogens (tertiary/aromatic N) is 2. The van der Waals surface area contributed by atoms with Crippen LogP contribution in [0.25, 0.3) is 0 Å². The third-order valence-electron chi connectivity index (χ3n) is 3.15. The fourth-order valence-electron chi connectivity index (χ4n) is 2.03. The third kappa shape index (κ3) is 4.64. The summed E-state index contributed by atoms with van der Waals surface area (Å²) < 4.78 is 38.5. The maximum Gasteiger partial charge on any atom is 0.389 e. The molecule has 1 heterocycles. The van der Waals surface area contributed by atoms with Gasteiger partial charge in [-0.2, -0.15) is 18.3 Å². The van der Waals surface area contributed by atoms with Gasteiger partial charge < -0.3 is 0 Å². The van der Waals surface area contributed by atoms with Gasteiger partial charge in [0.25, 0.3) is 0 Å². The first-order valence-electron chi connectivity index (χ1n) is 6.59. The number of rotatable bonds is 7. The van der Waals surface area contributed by atoms with Crippen LogP contribution in [0.3, 0.4) is 0 Å². The maximum atomic E-state index is 12.3. The second-order valence-electron chi connectivity index (χ2n) is 4.60. The summed E-state index contributed by atoms with van der Waals surface area (Å²) >= 11 is 6.23. The van der Waals surface area contributed by atoms with Gasteiger partial charge in [-0.05, 0) is 19.8 Å². The molecule has 4 nitrogen and oxygen atoms in total. The summed E-state index contributed by atoms with van der Waals surface area (Å²) in [6, 6.07) is -0.485. The van der Waals surface area contributed by atoms with Crippen LogP contribution < -0.4 is 11.3 Å². The van der Waals surface area contributed by atoms with E-state index in [1.165, 1.54) is 0 Å². The van der Waals surface area contributed by atoms with Crippen LogP contribution in [0.15, 0.2) is 0 Å². The van der Waals surface area contributed by atoms with Crippen molar-refractivity contribution in [2.75, 3.05) is 0 Å². The summed E-state index contributed by atoms with van der Waals surface area (Å²) in [5.41, 5.74) is 3.92. The molecule has 0 aliphatic heterocycles. The number of halogens is 4. The summed E-state index contributed by atoms with van der Waals surface area (Å²) in [5, 5.41) is 4.87. The molecule has 8 heteroatoms. The van der Waals surface area contributed by atoms with E-state index in [4.69, 9.17) is 17.4 Å². The lowest BCUT2D eigenvalue weighted by atomic mass is 10.1. The van der Waals surface area contributed by atoms with Crippen LogP contribution in [0, 0.1) is 0 Å². The standard InChI is InChI=1S/C12H20ClF3N4/c1-3-9-11(13)10(20(4-2)19-9)7-8(18-17)5-6-12(14,15)16/h8,18H,3-7,17H2,1-2H3. The van der Waals surface area contributed by atoms with E-state index >= 15 is 0 Å². The first kappa shape index (κ1) is 17.3.